The number of amides is 1. The van der Waals surface area contributed by atoms with Crippen LogP contribution in [0.1, 0.15) is 18.5 Å². The molecule has 1 aromatic rings. The fraction of sp³-hybridized carbons (Fsp3) is 0.500. The SMILES string of the molecule is CCN1C(=O)CN2CC1c1cc(S(N)(=O)=O)sc1S2. The van der Waals surface area contributed by atoms with Crippen LogP contribution in [0.3, 0.4) is 0 Å². The van der Waals surface area contributed by atoms with Gasteiger partial charge in [-0.3, -0.25) is 4.79 Å². The van der Waals surface area contributed by atoms with Crippen LogP contribution < -0.4 is 5.14 Å². The summed E-state index contributed by atoms with van der Waals surface area (Å²) in [6.07, 6.45) is 0. The van der Waals surface area contributed by atoms with Crippen LogP contribution in [0.15, 0.2) is 14.5 Å². The van der Waals surface area contributed by atoms with Crippen molar-refractivity contribution >= 4 is 39.2 Å². The Morgan fingerprint density at radius 1 is 1.53 bits per heavy atom. The highest BCUT2D eigenvalue weighted by molar-refractivity contribution is 7.99. The molecule has 0 spiro atoms. The van der Waals surface area contributed by atoms with Gasteiger partial charge >= 0.3 is 0 Å². The summed E-state index contributed by atoms with van der Waals surface area (Å²) < 4.78 is 26.0. The van der Waals surface area contributed by atoms with Crippen LogP contribution in [0.2, 0.25) is 0 Å². The van der Waals surface area contributed by atoms with Gasteiger partial charge in [-0.2, -0.15) is 0 Å². The highest BCUT2D eigenvalue weighted by Gasteiger charge is 2.40. The van der Waals surface area contributed by atoms with Crippen molar-refractivity contribution < 1.29 is 13.2 Å². The van der Waals surface area contributed by atoms with Crippen LogP contribution in [0, 0.1) is 0 Å². The first kappa shape index (κ1) is 13.4. The molecule has 2 unspecified atom stereocenters. The molecule has 0 aliphatic carbocycles. The second-order valence-electron chi connectivity index (χ2n) is 4.46. The minimum atomic E-state index is -3.68. The Kier molecular flexibility index (Phi) is 3.13. The lowest BCUT2D eigenvalue weighted by molar-refractivity contribution is -0.137. The van der Waals surface area contributed by atoms with Gasteiger partial charge < -0.3 is 4.90 Å². The van der Waals surface area contributed by atoms with Crippen molar-refractivity contribution in [2.24, 2.45) is 5.14 Å². The minimum Gasteiger partial charge on any atom is -0.333 e. The molecule has 1 amide bonds. The number of hydrogen-bond donors (Lipinski definition) is 1. The van der Waals surface area contributed by atoms with Crippen molar-refractivity contribution in [3.8, 4) is 0 Å². The zero-order valence-corrected chi connectivity index (χ0v) is 12.6. The van der Waals surface area contributed by atoms with Crippen molar-refractivity contribution in [1.29, 1.82) is 0 Å². The largest absolute Gasteiger partial charge is 0.333 e. The summed E-state index contributed by atoms with van der Waals surface area (Å²) in [7, 11) is -3.68. The zero-order chi connectivity index (χ0) is 13.8. The van der Waals surface area contributed by atoms with Crippen LogP contribution >= 0.6 is 23.3 Å². The Balaban J connectivity index is 2.08. The molecule has 2 N–H and O–H groups in total. The van der Waals surface area contributed by atoms with Gasteiger partial charge in [-0.1, -0.05) is 0 Å². The third kappa shape index (κ3) is 2.19. The number of piperazine rings is 1. The van der Waals surface area contributed by atoms with Gasteiger partial charge in [-0.15, -0.1) is 11.3 Å². The molecule has 104 valence electrons. The Bertz CT molecular complexity index is 640. The number of carbonyl (C=O) groups excluding carboxylic acids is 1. The smallest absolute Gasteiger partial charge is 0.247 e. The van der Waals surface area contributed by atoms with Crippen molar-refractivity contribution in [2.45, 2.75) is 21.4 Å². The molecule has 2 bridgehead atoms. The molecule has 3 heterocycles. The standard InChI is InChI=1S/C10H13N3O3S3/c1-2-13-7-4-12(5-8(13)14)18-10-6(7)3-9(17-10)19(11,15)16/h3,7H,2,4-5H2,1H3,(H2,11,15,16). The molecular formula is C10H13N3O3S3. The van der Waals surface area contributed by atoms with E-state index in [-0.39, 0.29) is 16.2 Å². The Hall–Kier alpha value is -0.610. The first-order chi connectivity index (χ1) is 8.90. The van der Waals surface area contributed by atoms with Crippen molar-refractivity contribution in [1.82, 2.24) is 9.21 Å². The molecule has 6 nitrogen and oxygen atoms in total. The van der Waals surface area contributed by atoms with E-state index in [0.29, 0.717) is 13.1 Å². The van der Waals surface area contributed by atoms with E-state index in [1.807, 2.05) is 11.2 Å². The lowest BCUT2D eigenvalue weighted by atomic mass is 10.1. The quantitative estimate of drug-likeness (QED) is 0.808. The number of sulfonamides is 1. The first-order valence-corrected chi connectivity index (χ1v) is 8.92. The van der Waals surface area contributed by atoms with Gasteiger partial charge in [0.25, 0.3) is 0 Å². The molecule has 1 saturated heterocycles. The fourth-order valence-corrected chi connectivity index (χ4v) is 5.94. The van der Waals surface area contributed by atoms with Crippen molar-refractivity contribution in [2.75, 3.05) is 19.6 Å². The second kappa shape index (κ2) is 4.45. The average molecular weight is 319 g/mol. The van der Waals surface area contributed by atoms with Crippen LogP contribution in [0.25, 0.3) is 0 Å². The maximum atomic E-state index is 12.0. The van der Waals surface area contributed by atoms with E-state index in [4.69, 9.17) is 5.14 Å². The Morgan fingerprint density at radius 3 is 2.89 bits per heavy atom. The van der Waals surface area contributed by atoms with Gasteiger partial charge in [0.15, 0.2) is 0 Å². The normalized spacial score (nSPS) is 26.4. The summed E-state index contributed by atoms with van der Waals surface area (Å²) in [5.41, 5.74) is 0.908. The number of fused-ring (bicyclic) bond motifs is 4. The summed E-state index contributed by atoms with van der Waals surface area (Å²) in [5.74, 6) is 0.0836. The summed E-state index contributed by atoms with van der Waals surface area (Å²) in [4.78, 5) is 13.8. The average Bonchev–Trinajstić information content (AvgIpc) is 2.72. The van der Waals surface area contributed by atoms with E-state index < -0.39 is 10.0 Å². The number of likely N-dealkylation sites (N-methyl/N-ethyl adjacent to an activating group) is 1. The topological polar surface area (TPSA) is 83.7 Å². The van der Waals surface area contributed by atoms with Gasteiger partial charge in [0.05, 0.1) is 16.8 Å². The first-order valence-electron chi connectivity index (χ1n) is 5.79. The van der Waals surface area contributed by atoms with E-state index in [9.17, 15) is 13.2 Å². The Morgan fingerprint density at radius 2 is 2.26 bits per heavy atom. The summed E-state index contributed by atoms with van der Waals surface area (Å²) >= 11 is 2.63. The summed E-state index contributed by atoms with van der Waals surface area (Å²) in [6, 6.07) is 1.56. The number of nitrogens with two attached hydrogens (primary N) is 1. The molecular weight excluding hydrogens is 306 g/mol. The fourth-order valence-electron chi connectivity index (χ4n) is 2.43. The number of rotatable bonds is 2. The number of thiophene rings is 1. The monoisotopic (exact) mass is 319 g/mol. The van der Waals surface area contributed by atoms with E-state index in [0.717, 1.165) is 16.3 Å². The molecule has 3 rings (SSSR count). The number of primary sulfonamides is 1. The minimum absolute atomic E-state index is 0.0609. The lowest BCUT2D eigenvalue weighted by Crippen LogP contribution is -2.51. The third-order valence-corrected chi connectivity index (χ3v) is 7.06. The van der Waals surface area contributed by atoms with Crippen LogP contribution in [0.4, 0.5) is 0 Å². The van der Waals surface area contributed by atoms with Gasteiger partial charge in [0.1, 0.15) is 4.21 Å². The van der Waals surface area contributed by atoms with Crippen LogP contribution in [0.5, 0.6) is 0 Å². The van der Waals surface area contributed by atoms with Gasteiger partial charge in [-0.25, -0.2) is 17.9 Å². The van der Waals surface area contributed by atoms with Crippen LogP contribution in [-0.2, 0) is 14.8 Å². The number of nitrogens with zero attached hydrogens (tertiary/aromatic N) is 2. The van der Waals surface area contributed by atoms with Crippen LogP contribution in [-0.4, -0.2) is 43.2 Å². The molecule has 0 saturated carbocycles. The van der Waals surface area contributed by atoms with Crippen molar-refractivity contribution in [3.63, 3.8) is 0 Å². The maximum absolute atomic E-state index is 12.0. The van der Waals surface area contributed by atoms with E-state index in [2.05, 4.69) is 0 Å². The Labute approximate surface area is 119 Å². The van der Waals surface area contributed by atoms with Gasteiger partial charge in [0, 0.05) is 18.7 Å². The molecule has 1 fully saturated rings. The van der Waals surface area contributed by atoms with E-state index in [1.54, 1.807) is 11.0 Å². The molecule has 2 aliphatic rings. The molecule has 2 atom stereocenters. The molecule has 19 heavy (non-hydrogen) atoms. The van der Waals surface area contributed by atoms with E-state index >= 15 is 0 Å². The zero-order valence-electron chi connectivity index (χ0n) is 10.2. The third-order valence-electron chi connectivity index (χ3n) is 3.28. The van der Waals surface area contributed by atoms with Gasteiger partial charge in [0.2, 0.25) is 15.9 Å². The highest BCUT2D eigenvalue weighted by Crippen LogP contribution is 2.47. The molecule has 0 aromatic carbocycles. The second-order valence-corrected chi connectivity index (χ2v) is 8.67. The lowest BCUT2D eigenvalue weighted by Gasteiger charge is -2.43. The maximum Gasteiger partial charge on any atom is 0.247 e. The summed E-state index contributed by atoms with van der Waals surface area (Å²) in [6.45, 7) is 3.67. The number of carbonyl (C=O) groups is 1. The molecule has 1 aromatic heterocycles. The van der Waals surface area contributed by atoms with Gasteiger partial charge in [-0.05, 0) is 24.9 Å². The summed E-state index contributed by atoms with van der Waals surface area (Å²) in [5, 5.41) is 5.18. The predicted octanol–water partition coefficient (Wildman–Crippen LogP) is 0.621. The molecule has 0 radical (unpaired) electrons. The highest BCUT2D eigenvalue weighted by atomic mass is 32.3. The van der Waals surface area contributed by atoms with E-state index in [1.165, 1.54) is 23.3 Å². The molecule has 2 aliphatic heterocycles. The predicted molar refractivity (Wildman–Crippen MR) is 73.3 cm³/mol. The number of hydrogen-bond acceptors (Lipinski definition) is 6. The molecule has 9 heteroatoms. The van der Waals surface area contributed by atoms with Crippen molar-refractivity contribution in [3.05, 3.63) is 11.6 Å².